The Morgan fingerprint density at radius 3 is 2.12 bits per heavy atom. The molecule has 3 rings (SSSR count). The van der Waals surface area contributed by atoms with Gasteiger partial charge in [-0.3, -0.25) is 4.68 Å². The van der Waals surface area contributed by atoms with E-state index in [1.54, 1.807) is 19.2 Å². The van der Waals surface area contributed by atoms with Gasteiger partial charge in [0.1, 0.15) is 18.2 Å². The molecule has 2 heterocycles. The molecule has 0 spiro atoms. The number of benzene rings is 1. The second-order valence-electron chi connectivity index (χ2n) is 13.3. The zero-order valence-corrected chi connectivity index (χ0v) is 33.1. The highest BCUT2D eigenvalue weighted by atomic mass is 35.5. The van der Waals surface area contributed by atoms with E-state index in [9.17, 15) is 10.2 Å². The van der Waals surface area contributed by atoms with Gasteiger partial charge in [-0.2, -0.15) is 5.26 Å². The van der Waals surface area contributed by atoms with Crippen molar-refractivity contribution in [2.24, 2.45) is 10.7 Å². The fraction of sp³-hybridized carbons (Fsp3) is 0.667. The number of methoxy groups -OCH3 is 1. The summed E-state index contributed by atoms with van der Waals surface area (Å²) in [5.41, 5.74) is 12.5. The van der Waals surface area contributed by atoms with Crippen LogP contribution < -0.4 is 11.2 Å². The second-order valence-corrected chi connectivity index (χ2v) is 14.7. The molecule has 52 heavy (non-hydrogen) atoms. The van der Waals surface area contributed by atoms with Crippen molar-refractivity contribution in [2.75, 3.05) is 32.4 Å². The van der Waals surface area contributed by atoms with Crippen molar-refractivity contribution < 1.29 is 23.4 Å². The Kier molecular flexibility index (Phi) is 25.1. The van der Waals surface area contributed by atoms with Gasteiger partial charge in [0.25, 0.3) is 0 Å². The van der Waals surface area contributed by atoms with Gasteiger partial charge in [-0.15, -0.1) is 0 Å². The minimum absolute atomic E-state index is 0.202. The lowest BCUT2D eigenvalue weighted by Crippen LogP contribution is -2.32. The number of aliphatic imine (C=N–C) groups is 1. The molecule has 0 radical (unpaired) electrons. The van der Waals surface area contributed by atoms with Crippen LogP contribution in [0.15, 0.2) is 35.3 Å². The topological polar surface area (TPSA) is 160 Å². The van der Waals surface area contributed by atoms with Crippen LogP contribution in [0.5, 0.6) is 0 Å². The molecule has 0 aliphatic carbocycles. The summed E-state index contributed by atoms with van der Waals surface area (Å²) in [5, 5.41) is 16.3. The van der Waals surface area contributed by atoms with Crippen molar-refractivity contribution in [2.45, 2.75) is 141 Å². The van der Waals surface area contributed by atoms with E-state index < -0.39 is 8.60 Å². The number of hydrogen-bond donors (Lipinski definition) is 3. The lowest BCUT2D eigenvalue weighted by molar-refractivity contribution is -0.00528. The van der Waals surface area contributed by atoms with E-state index in [-0.39, 0.29) is 25.4 Å². The number of ether oxygens (including phenoxy) is 2. The number of rotatable bonds is 29. The molecular formula is C39H62ClN6O5P. The van der Waals surface area contributed by atoms with Gasteiger partial charge in [0.15, 0.2) is 0 Å². The van der Waals surface area contributed by atoms with Crippen LogP contribution in [0.4, 0.5) is 0 Å². The van der Waals surface area contributed by atoms with Gasteiger partial charge in [0, 0.05) is 24.4 Å². The molecule has 13 heteroatoms. The standard InChI is InChI=1S/C38H61ClN5O5P.CHN/c1-3-4-5-6-7-8-9-10-11-12-13-14-15-16-17-18-36(47-27-32-23-31(26-40)24-33(39)25-32)29-49-50(45)48-28-35(46-2)21-19-34-20-22-37-38(41)42-30-43-44(34)37;1-2/h20,22-25,35-36,43,45H,3-19,21,27-30H2,1-2H3,(H2,41,42);1H. The van der Waals surface area contributed by atoms with Crippen LogP contribution >= 0.6 is 20.2 Å². The first-order chi connectivity index (χ1) is 25.4. The average Bonchev–Trinajstić information content (AvgIpc) is 3.58. The van der Waals surface area contributed by atoms with Crippen LogP contribution in [-0.4, -0.2) is 54.6 Å². The van der Waals surface area contributed by atoms with Crippen LogP contribution in [0.2, 0.25) is 5.02 Å². The maximum absolute atomic E-state index is 10.6. The number of aryl methyl sites for hydroxylation is 1. The summed E-state index contributed by atoms with van der Waals surface area (Å²) in [7, 11) is -0.473. The Balaban J connectivity index is 0.00000460. The lowest BCUT2D eigenvalue weighted by Gasteiger charge is -2.22. The third kappa shape index (κ3) is 18.9. The third-order valence-electron chi connectivity index (χ3n) is 9.20. The third-order valence-corrected chi connectivity index (χ3v) is 10.2. The summed E-state index contributed by atoms with van der Waals surface area (Å²) in [6.07, 6.45) is 21.5. The molecule has 3 unspecified atom stereocenters. The molecule has 2 aromatic rings. The van der Waals surface area contributed by atoms with Gasteiger partial charge < -0.3 is 34.6 Å². The van der Waals surface area contributed by atoms with Gasteiger partial charge in [-0.25, -0.2) is 10.3 Å². The number of nitrogens with two attached hydrogens (primary N) is 1. The molecule has 0 fully saturated rings. The Hall–Kier alpha value is -2.73. The van der Waals surface area contributed by atoms with Gasteiger partial charge in [0.05, 0.1) is 43.7 Å². The molecule has 0 amide bonds. The van der Waals surface area contributed by atoms with E-state index >= 15 is 0 Å². The number of fused-ring (bicyclic) bond motifs is 1. The number of nitrogens with zero attached hydrogens (tertiary/aromatic N) is 4. The Morgan fingerprint density at radius 1 is 0.923 bits per heavy atom. The highest BCUT2D eigenvalue weighted by Gasteiger charge is 2.19. The van der Waals surface area contributed by atoms with E-state index in [0.717, 1.165) is 42.6 Å². The molecule has 3 atom stereocenters. The number of nitriles is 2. The first-order valence-corrected chi connectivity index (χ1v) is 20.5. The number of aromatic nitrogens is 1. The van der Waals surface area contributed by atoms with Crippen LogP contribution in [0, 0.1) is 23.2 Å². The summed E-state index contributed by atoms with van der Waals surface area (Å²) in [6.45, 7) is 6.91. The molecule has 0 saturated heterocycles. The molecule has 0 saturated carbocycles. The second kappa shape index (κ2) is 28.7. The van der Waals surface area contributed by atoms with Crippen LogP contribution in [0.1, 0.15) is 139 Å². The van der Waals surface area contributed by atoms with E-state index in [1.165, 1.54) is 83.5 Å². The molecule has 1 aliphatic heterocycles. The first kappa shape index (κ1) is 45.4. The van der Waals surface area contributed by atoms with Gasteiger partial charge >= 0.3 is 8.60 Å². The largest absolute Gasteiger partial charge is 0.382 e. The zero-order valence-electron chi connectivity index (χ0n) is 31.4. The molecule has 290 valence electrons. The molecule has 4 N–H and O–H groups in total. The van der Waals surface area contributed by atoms with Crippen molar-refractivity contribution >= 4 is 26.0 Å². The predicted octanol–water partition coefficient (Wildman–Crippen LogP) is 9.42. The number of unbranched alkanes of at least 4 members (excludes halogenated alkanes) is 14. The van der Waals surface area contributed by atoms with Gasteiger partial charge in [-0.05, 0) is 55.2 Å². The number of hydrogen-bond acceptors (Lipinski definition) is 10. The predicted molar refractivity (Wildman–Crippen MR) is 211 cm³/mol. The fourth-order valence-electron chi connectivity index (χ4n) is 6.21. The van der Waals surface area contributed by atoms with Crippen molar-refractivity contribution in [3.05, 3.63) is 57.9 Å². The Morgan fingerprint density at radius 2 is 1.52 bits per heavy atom. The monoisotopic (exact) mass is 760 g/mol. The first-order valence-electron chi connectivity index (χ1n) is 19.0. The SMILES string of the molecule is C#N.CCCCCCCCCCCCCCCCCC(COP(O)OCC(CCc1ccc2n1NCN=C2N)OC)OCc1cc(Cl)cc(C#N)c1. The molecule has 0 bridgehead atoms. The van der Waals surface area contributed by atoms with Crippen molar-refractivity contribution in [1.82, 2.24) is 4.68 Å². The Labute approximate surface area is 318 Å². The van der Waals surface area contributed by atoms with Crippen LogP contribution in [-0.2, 0) is 31.5 Å². The van der Waals surface area contributed by atoms with Gasteiger partial charge in [0.2, 0.25) is 0 Å². The molecular weight excluding hydrogens is 699 g/mol. The minimum Gasteiger partial charge on any atom is -0.382 e. The lowest BCUT2D eigenvalue weighted by atomic mass is 10.0. The zero-order chi connectivity index (χ0) is 37.8. The molecule has 1 aromatic heterocycles. The van der Waals surface area contributed by atoms with Crippen molar-refractivity contribution in [3.63, 3.8) is 0 Å². The highest BCUT2D eigenvalue weighted by Crippen LogP contribution is 2.34. The summed E-state index contributed by atoms with van der Waals surface area (Å²) in [4.78, 5) is 14.8. The van der Waals surface area contributed by atoms with E-state index in [4.69, 9.17) is 41.1 Å². The maximum atomic E-state index is 10.6. The Bertz CT molecular complexity index is 1340. The fourth-order valence-corrected chi connectivity index (χ4v) is 7.13. The molecule has 1 aromatic carbocycles. The minimum atomic E-state index is -2.11. The number of nitrogens with one attached hydrogen (secondary N) is 1. The van der Waals surface area contributed by atoms with Gasteiger partial charge in [-0.1, -0.05) is 115 Å². The van der Waals surface area contributed by atoms with Crippen LogP contribution in [0.25, 0.3) is 0 Å². The average molecular weight is 761 g/mol. The molecule has 1 aliphatic rings. The van der Waals surface area contributed by atoms with Crippen molar-refractivity contribution in [1.29, 1.82) is 10.5 Å². The quantitative estimate of drug-likeness (QED) is 0.0542. The summed E-state index contributed by atoms with van der Waals surface area (Å²) in [5.74, 6) is 0.519. The van der Waals surface area contributed by atoms with Crippen LogP contribution in [0.3, 0.4) is 0 Å². The van der Waals surface area contributed by atoms with Crippen molar-refractivity contribution in [3.8, 4) is 12.6 Å². The van der Waals surface area contributed by atoms with E-state index in [2.05, 4.69) is 30.0 Å². The summed E-state index contributed by atoms with van der Waals surface area (Å²) < 4.78 is 25.3. The summed E-state index contributed by atoms with van der Waals surface area (Å²) >= 11 is 6.21. The van der Waals surface area contributed by atoms with E-state index in [1.807, 2.05) is 22.9 Å². The molecule has 11 nitrogen and oxygen atoms in total. The van der Waals surface area contributed by atoms with E-state index in [0.29, 0.717) is 36.1 Å². The number of halogens is 1. The highest BCUT2D eigenvalue weighted by molar-refractivity contribution is 7.40. The summed E-state index contributed by atoms with van der Waals surface area (Å²) in [6, 6.07) is 11.3. The normalized spacial score (nSPS) is 13.9. The number of amidine groups is 1. The maximum Gasteiger partial charge on any atom is 0.330 e. The smallest absolute Gasteiger partial charge is 0.330 e.